The van der Waals surface area contributed by atoms with Gasteiger partial charge in [0.15, 0.2) is 0 Å². The smallest absolute Gasteiger partial charge is 0.407 e. The van der Waals surface area contributed by atoms with Gasteiger partial charge in [0.25, 0.3) is 0 Å². The molecule has 1 fully saturated rings. The zero-order valence-electron chi connectivity index (χ0n) is 19.1. The molecule has 0 unspecified atom stereocenters. The predicted octanol–water partition coefficient (Wildman–Crippen LogP) is 6.04. The monoisotopic (exact) mass is 462 g/mol. The molecule has 8 heteroatoms. The van der Waals surface area contributed by atoms with E-state index in [0.717, 1.165) is 42.5 Å². The number of nitrogens with zero attached hydrogens (tertiary/aromatic N) is 1. The first-order chi connectivity index (χ1) is 15.1. The Morgan fingerprint density at radius 3 is 2.56 bits per heavy atom. The number of benzene rings is 1. The number of carbonyl (C=O) groups is 1. The van der Waals surface area contributed by atoms with E-state index < -0.39 is 5.60 Å². The van der Waals surface area contributed by atoms with E-state index in [1.54, 1.807) is 18.3 Å². The van der Waals surface area contributed by atoms with Gasteiger partial charge >= 0.3 is 6.09 Å². The molecule has 1 heterocycles. The number of aromatic nitrogens is 1. The van der Waals surface area contributed by atoms with Gasteiger partial charge in [0.1, 0.15) is 16.6 Å². The minimum absolute atomic E-state index is 0.106. The molecule has 0 bridgehead atoms. The summed E-state index contributed by atoms with van der Waals surface area (Å²) in [4.78, 5) is 16.2. The van der Waals surface area contributed by atoms with Crippen LogP contribution in [-0.4, -0.2) is 28.8 Å². The van der Waals surface area contributed by atoms with Crippen molar-refractivity contribution in [1.29, 1.82) is 0 Å². The third-order valence-electron chi connectivity index (χ3n) is 5.44. The van der Waals surface area contributed by atoms with Crippen LogP contribution in [-0.2, 0) is 11.3 Å². The predicted molar refractivity (Wildman–Crippen MR) is 127 cm³/mol. The van der Waals surface area contributed by atoms with Crippen molar-refractivity contribution in [2.75, 3.05) is 10.6 Å². The SMILES string of the molecule is Cc1cccc(F)c1NCc1cnc(Cl)cc1N[C@H]1CC[C@@H](NC(=O)OC(C)(C)C)CC1. The van der Waals surface area contributed by atoms with Crippen LogP contribution in [0, 0.1) is 12.7 Å². The van der Waals surface area contributed by atoms with Crippen LogP contribution in [0.3, 0.4) is 0 Å². The normalized spacial score (nSPS) is 18.7. The van der Waals surface area contributed by atoms with E-state index in [2.05, 4.69) is 20.9 Å². The summed E-state index contributed by atoms with van der Waals surface area (Å²) in [6, 6.07) is 7.17. The van der Waals surface area contributed by atoms with E-state index in [-0.39, 0.29) is 24.0 Å². The zero-order chi connectivity index (χ0) is 23.3. The molecule has 1 saturated carbocycles. The summed E-state index contributed by atoms with van der Waals surface area (Å²) in [5.41, 5.74) is 2.62. The molecule has 1 aliphatic carbocycles. The lowest BCUT2D eigenvalue weighted by Crippen LogP contribution is -2.42. The number of halogens is 2. The maximum Gasteiger partial charge on any atom is 0.407 e. The number of ether oxygens (including phenoxy) is 1. The molecule has 1 aromatic carbocycles. The van der Waals surface area contributed by atoms with E-state index in [1.165, 1.54) is 6.07 Å². The average molecular weight is 463 g/mol. The first-order valence-corrected chi connectivity index (χ1v) is 11.4. The van der Waals surface area contributed by atoms with E-state index in [4.69, 9.17) is 16.3 Å². The molecule has 6 nitrogen and oxygen atoms in total. The minimum Gasteiger partial charge on any atom is -0.444 e. The lowest BCUT2D eigenvalue weighted by atomic mass is 9.91. The summed E-state index contributed by atoms with van der Waals surface area (Å²) < 4.78 is 19.5. The van der Waals surface area contributed by atoms with Gasteiger partial charge in [-0.1, -0.05) is 23.7 Å². The van der Waals surface area contributed by atoms with Crippen molar-refractivity contribution in [3.8, 4) is 0 Å². The van der Waals surface area contributed by atoms with Gasteiger partial charge in [-0.3, -0.25) is 0 Å². The number of aryl methyl sites for hydroxylation is 1. The fourth-order valence-corrected chi connectivity index (χ4v) is 4.01. The van der Waals surface area contributed by atoms with Crippen molar-refractivity contribution in [3.63, 3.8) is 0 Å². The van der Waals surface area contributed by atoms with Crippen molar-refractivity contribution in [2.45, 2.75) is 77.6 Å². The number of rotatable bonds is 6. The number of amides is 1. The molecule has 3 rings (SSSR count). The zero-order valence-corrected chi connectivity index (χ0v) is 19.9. The fourth-order valence-electron chi connectivity index (χ4n) is 3.85. The molecule has 1 amide bonds. The number of pyridine rings is 1. The van der Waals surface area contributed by atoms with Crippen LogP contribution in [0.2, 0.25) is 5.15 Å². The molecule has 0 atom stereocenters. The van der Waals surface area contributed by atoms with Gasteiger partial charge < -0.3 is 20.7 Å². The maximum absolute atomic E-state index is 14.2. The second kappa shape index (κ2) is 10.4. The highest BCUT2D eigenvalue weighted by atomic mass is 35.5. The van der Waals surface area contributed by atoms with Gasteiger partial charge in [0, 0.05) is 36.1 Å². The third-order valence-corrected chi connectivity index (χ3v) is 5.65. The van der Waals surface area contributed by atoms with Gasteiger partial charge in [-0.15, -0.1) is 0 Å². The number of nitrogens with one attached hydrogen (secondary N) is 3. The second-order valence-corrected chi connectivity index (χ2v) is 9.68. The summed E-state index contributed by atoms with van der Waals surface area (Å²) in [5.74, 6) is -0.280. The Kier molecular flexibility index (Phi) is 7.82. The molecular weight excluding hydrogens is 431 g/mol. The van der Waals surface area contributed by atoms with Crippen LogP contribution in [0.4, 0.5) is 20.6 Å². The summed E-state index contributed by atoms with van der Waals surface area (Å²) >= 11 is 6.14. The van der Waals surface area contributed by atoms with Crippen molar-refractivity contribution >= 4 is 29.1 Å². The van der Waals surface area contributed by atoms with Gasteiger partial charge in [-0.25, -0.2) is 14.2 Å². The standard InChI is InChI=1S/C24H32ClFN4O2/c1-15-6-5-7-19(26)22(15)28-14-16-13-27-21(25)12-20(16)29-17-8-10-18(11-9-17)30-23(31)32-24(2,3)4/h5-7,12-13,17-18,28H,8-11,14H2,1-4H3,(H,27,29)(H,30,31)/t17-,18+. The molecule has 1 aromatic heterocycles. The number of alkyl carbamates (subject to hydrolysis) is 1. The van der Waals surface area contributed by atoms with Gasteiger partial charge in [-0.2, -0.15) is 0 Å². The number of para-hydroxylation sites is 1. The highest BCUT2D eigenvalue weighted by Crippen LogP contribution is 2.27. The Morgan fingerprint density at radius 1 is 1.22 bits per heavy atom. The number of carbonyl (C=O) groups excluding carboxylic acids is 1. The quantitative estimate of drug-likeness (QED) is 0.456. The first kappa shape index (κ1) is 24.1. The lowest BCUT2D eigenvalue weighted by molar-refractivity contribution is 0.0492. The van der Waals surface area contributed by atoms with Crippen molar-refractivity contribution < 1.29 is 13.9 Å². The molecule has 0 aliphatic heterocycles. The second-order valence-electron chi connectivity index (χ2n) is 9.29. The Hall–Kier alpha value is -2.54. The largest absolute Gasteiger partial charge is 0.444 e. The summed E-state index contributed by atoms with van der Waals surface area (Å²) in [7, 11) is 0. The molecule has 32 heavy (non-hydrogen) atoms. The molecule has 0 radical (unpaired) electrons. The van der Waals surface area contributed by atoms with Gasteiger partial charge in [0.2, 0.25) is 0 Å². The number of hydrogen-bond acceptors (Lipinski definition) is 5. The molecular formula is C24H32ClFN4O2. The van der Waals surface area contributed by atoms with Crippen LogP contribution in [0.1, 0.15) is 57.6 Å². The van der Waals surface area contributed by atoms with Crippen molar-refractivity contribution in [2.24, 2.45) is 0 Å². The molecule has 0 saturated heterocycles. The maximum atomic E-state index is 14.2. The van der Waals surface area contributed by atoms with E-state index in [1.807, 2.05) is 33.8 Å². The molecule has 2 aromatic rings. The fraction of sp³-hybridized carbons (Fsp3) is 0.500. The van der Waals surface area contributed by atoms with E-state index in [9.17, 15) is 9.18 Å². The van der Waals surface area contributed by atoms with Crippen LogP contribution in [0.5, 0.6) is 0 Å². The third kappa shape index (κ3) is 6.99. The molecule has 0 spiro atoms. The Morgan fingerprint density at radius 2 is 1.91 bits per heavy atom. The highest BCUT2D eigenvalue weighted by Gasteiger charge is 2.25. The van der Waals surface area contributed by atoms with Gasteiger partial charge in [0.05, 0.1) is 5.69 Å². The summed E-state index contributed by atoms with van der Waals surface area (Å²) in [6.07, 6.45) is 4.87. The molecule has 174 valence electrons. The molecule has 1 aliphatic rings. The number of anilines is 2. The van der Waals surface area contributed by atoms with E-state index >= 15 is 0 Å². The lowest BCUT2D eigenvalue weighted by Gasteiger charge is -2.31. The number of hydrogen-bond donors (Lipinski definition) is 3. The minimum atomic E-state index is -0.505. The summed E-state index contributed by atoms with van der Waals surface area (Å²) in [5, 5.41) is 10.1. The van der Waals surface area contributed by atoms with Crippen molar-refractivity contribution in [3.05, 3.63) is 52.6 Å². The average Bonchev–Trinajstić information content (AvgIpc) is 2.69. The first-order valence-electron chi connectivity index (χ1n) is 11.0. The van der Waals surface area contributed by atoms with E-state index in [0.29, 0.717) is 17.4 Å². The Balaban J connectivity index is 1.57. The summed E-state index contributed by atoms with van der Waals surface area (Å²) in [6.45, 7) is 7.85. The topological polar surface area (TPSA) is 75.3 Å². The van der Waals surface area contributed by atoms with Crippen LogP contribution < -0.4 is 16.0 Å². The van der Waals surface area contributed by atoms with Crippen LogP contribution in [0.15, 0.2) is 30.5 Å². The van der Waals surface area contributed by atoms with Crippen LogP contribution in [0.25, 0.3) is 0 Å². The highest BCUT2D eigenvalue weighted by molar-refractivity contribution is 6.29. The Bertz CT molecular complexity index is 920. The van der Waals surface area contributed by atoms with Crippen molar-refractivity contribution in [1.82, 2.24) is 10.3 Å². The Labute approximate surface area is 194 Å². The molecule has 3 N–H and O–H groups in total. The van der Waals surface area contributed by atoms with Gasteiger partial charge in [-0.05, 0) is 71.1 Å². The van der Waals surface area contributed by atoms with Crippen LogP contribution >= 0.6 is 11.6 Å².